The van der Waals surface area contributed by atoms with Crippen LogP contribution in [-0.2, 0) is 6.42 Å². The Kier molecular flexibility index (Phi) is 8.07. The van der Waals surface area contributed by atoms with Crippen molar-refractivity contribution < 1.29 is 10.2 Å². The molecule has 0 unspecified atom stereocenters. The fraction of sp³-hybridized carbons (Fsp3) is 0.600. The summed E-state index contributed by atoms with van der Waals surface area (Å²) >= 11 is 0. The Morgan fingerprint density at radius 3 is 2.86 bits per heavy atom. The van der Waals surface area contributed by atoms with E-state index in [2.05, 4.69) is 61.6 Å². The lowest BCUT2D eigenvalue weighted by Gasteiger charge is -2.19. The molecule has 1 saturated carbocycles. The molecule has 0 amide bonds. The van der Waals surface area contributed by atoms with Crippen molar-refractivity contribution in [3.8, 4) is 0 Å². The minimum Gasteiger partial charge on any atom is -0.392 e. The predicted molar refractivity (Wildman–Crippen MR) is 120 cm³/mol. The maximum atomic E-state index is 10.5. The lowest BCUT2D eigenvalue weighted by Crippen LogP contribution is -2.27. The molecule has 0 bridgehead atoms. The summed E-state index contributed by atoms with van der Waals surface area (Å²) in [6, 6.07) is 8.29. The summed E-state index contributed by atoms with van der Waals surface area (Å²) in [6.07, 6.45) is 9.27. The molecule has 0 heterocycles. The van der Waals surface area contributed by atoms with Gasteiger partial charge in [-0.05, 0) is 64.2 Å². The van der Waals surface area contributed by atoms with Gasteiger partial charge in [-0.25, -0.2) is 0 Å². The first kappa shape index (κ1) is 22.2. The first-order valence-corrected chi connectivity index (χ1v) is 11.1. The Balaban J connectivity index is 1.47. The zero-order chi connectivity index (χ0) is 20.8. The Bertz CT molecular complexity index is 713. The SMILES string of the molecule is Cc1cccc(C[C@H](O)C=C[C@@H]2[C@H]3CC(CCNCCN(C)C)=C[C@H]3C[C@H]2O)c1. The topological polar surface area (TPSA) is 55.7 Å². The molecule has 5 atom stereocenters. The number of rotatable bonds is 10. The van der Waals surface area contributed by atoms with Crippen LogP contribution in [0.2, 0.25) is 0 Å². The van der Waals surface area contributed by atoms with Gasteiger partial charge in [0.25, 0.3) is 0 Å². The molecule has 1 aromatic rings. The molecule has 2 aliphatic carbocycles. The number of aliphatic hydroxyl groups excluding tert-OH is 2. The number of allylic oxidation sites excluding steroid dienone is 1. The van der Waals surface area contributed by atoms with E-state index in [0.29, 0.717) is 18.3 Å². The van der Waals surface area contributed by atoms with E-state index >= 15 is 0 Å². The molecule has 4 nitrogen and oxygen atoms in total. The van der Waals surface area contributed by atoms with Crippen LogP contribution in [0, 0.1) is 24.7 Å². The maximum Gasteiger partial charge on any atom is 0.0761 e. The van der Waals surface area contributed by atoms with Crippen LogP contribution in [0.4, 0.5) is 0 Å². The van der Waals surface area contributed by atoms with Crippen LogP contribution in [0.15, 0.2) is 48.1 Å². The van der Waals surface area contributed by atoms with Crippen LogP contribution >= 0.6 is 0 Å². The molecule has 4 heteroatoms. The smallest absolute Gasteiger partial charge is 0.0761 e. The van der Waals surface area contributed by atoms with Gasteiger partial charge in [0.2, 0.25) is 0 Å². The highest BCUT2D eigenvalue weighted by Crippen LogP contribution is 2.47. The largest absolute Gasteiger partial charge is 0.392 e. The lowest BCUT2D eigenvalue weighted by atomic mass is 9.88. The third-order valence-corrected chi connectivity index (χ3v) is 6.39. The number of hydrogen-bond acceptors (Lipinski definition) is 4. The van der Waals surface area contributed by atoms with E-state index in [9.17, 15) is 10.2 Å². The van der Waals surface area contributed by atoms with Crippen molar-refractivity contribution in [2.75, 3.05) is 33.7 Å². The molecular weight excluding hydrogens is 360 g/mol. The van der Waals surface area contributed by atoms with Crippen LogP contribution in [0.3, 0.4) is 0 Å². The van der Waals surface area contributed by atoms with Gasteiger partial charge in [-0.15, -0.1) is 0 Å². The Morgan fingerprint density at radius 2 is 2.10 bits per heavy atom. The van der Waals surface area contributed by atoms with Gasteiger partial charge in [0.05, 0.1) is 12.2 Å². The van der Waals surface area contributed by atoms with Crippen molar-refractivity contribution in [3.05, 3.63) is 59.2 Å². The van der Waals surface area contributed by atoms with Crippen molar-refractivity contribution in [1.82, 2.24) is 10.2 Å². The molecule has 0 spiro atoms. The first-order valence-electron chi connectivity index (χ1n) is 11.1. The van der Waals surface area contributed by atoms with Gasteiger partial charge in [0, 0.05) is 25.4 Å². The van der Waals surface area contributed by atoms with Crippen molar-refractivity contribution in [1.29, 1.82) is 0 Å². The molecular formula is C25H38N2O2. The van der Waals surface area contributed by atoms with E-state index in [1.54, 1.807) is 0 Å². The van der Waals surface area contributed by atoms with E-state index < -0.39 is 6.10 Å². The summed E-state index contributed by atoms with van der Waals surface area (Å²) in [6.45, 7) is 5.19. The van der Waals surface area contributed by atoms with Crippen molar-refractivity contribution in [3.63, 3.8) is 0 Å². The standard InChI is InChI=1S/C25H38N2O2/c1-18-5-4-6-19(13-18)15-22(28)7-8-23-24-16-20(14-21(24)17-25(23)29)9-10-26-11-12-27(2)3/h4-8,13-14,21-26,28-29H,9-12,15-17H2,1-3H3/t21-,22+,23+,24-,25+/m0/s1. The molecule has 0 saturated heterocycles. The second kappa shape index (κ2) is 10.5. The summed E-state index contributed by atoms with van der Waals surface area (Å²) in [7, 11) is 4.19. The van der Waals surface area contributed by atoms with E-state index in [0.717, 1.165) is 44.5 Å². The number of hydrogen-bond donors (Lipinski definition) is 3. The molecule has 3 N–H and O–H groups in total. The molecule has 1 aromatic carbocycles. The number of likely N-dealkylation sites (N-methyl/N-ethyl adjacent to an activating group) is 1. The number of nitrogens with one attached hydrogen (secondary N) is 1. The van der Waals surface area contributed by atoms with Gasteiger partial charge in [-0.2, -0.15) is 0 Å². The maximum absolute atomic E-state index is 10.5. The molecule has 3 rings (SSSR count). The summed E-state index contributed by atoms with van der Waals surface area (Å²) in [5.74, 6) is 1.14. The minimum atomic E-state index is -0.502. The van der Waals surface area contributed by atoms with Gasteiger partial charge in [-0.3, -0.25) is 0 Å². The Hall–Kier alpha value is -1.46. The van der Waals surface area contributed by atoms with Gasteiger partial charge >= 0.3 is 0 Å². The zero-order valence-corrected chi connectivity index (χ0v) is 18.2. The fourth-order valence-electron chi connectivity index (χ4n) is 4.87. The number of fused-ring (bicyclic) bond motifs is 1. The second-order valence-electron chi connectivity index (χ2n) is 9.19. The highest BCUT2D eigenvalue weighted by molar-refractivity contribution is 5.24. The second-order valence-corrected chi connectivity index (χ2v) is 9.19. The molecule has 2 aliphatic rings. The van der Waals surface area contributed by atoms with Crippen molar-refractivity contribution in [2.45, 2.75) is 44.8 Å². The highest BCUT2D eigenvalue weighted by atomic mass is 16.3. The third-order valence-electron chi connectivity index (χ3n) is 6.39. The molecule has 0 aliphatic heterocycles. The van der Waals surface area contributed by atoms with Crippen LogP contribution in [0.25, 0.3) is 0 Å². The molecule has 0 radical (unpaired) electrons. The summed E-state index contributed by atoms with van der Waals surface area (Å²) < 4.78 is 0. The highest BCUT2D eigenvalue weighted by Gasteiger charge is 2.43. The summed E-state index contributed by atoms with van der Waals surface area (Å²) in [5, 5.41) is 24.5. The fourth-order valence-corrected chi connectivity index (χ4v) is 4.87. The van der Waals surface area contributed by atoms with Gasteiger partial charge < -0.3 is 20.4 Å². The number of benzene rings is 1. The average molecular weight is 399 g/mol. The van der Waals surface area contributed by atoms with E-state index in [1.807, 2.05) is 12.1 Å². The summed E-state index contributed by atoms with van der Waals surface area (Å²) in [4.78, 5) is 2.19. The van der Waals surface area contributed by atoms with E-state index in [-0.39, 0.29) is 12.0 Å². The summed E-state index contributed by atoms with van der Waals surface area (Å²) in [5.41, 5.74) is 3.90. The Morgan fingerprint density at radius 1 is 1.28 bits per heavy atom. The number of nitrogens with zero attached hydrogens (tertiary/aromatic N) is 1. The van der Waals surface area contributed by atoms with Crippen LogP contribution in [0.5, 0.6) is 0 Å². The molecule has 160 valence electrons. The third kappa shape index (κ3) is 6.51. The predicted octanol–water partition coefficient (Wildman–Crippen LogP) is 2.94. The molecule has 1 fully saturated rings. The van der Waals surface area contributed by atoms with Gasteiger partial charge in [-0.1, -0.05) is 53.6 Å². The van der Waals surface area contributed by atoms with E-state index in [1.165, 1.54) is 11.1 Å². The molecule has 0 aromatic heterocycles. The normalized spacial score (nSPS) is 27.6. The monoisotopic (exact) mass is 398 g/mol. The molecule has 29 heavy (non-hydrogen) atoms. The van der Waals surface area contributed by atoms with Crippen molar-refractivity contribution >= 4 is 0 Å². The number of aliphatic hydroxyl groups is 2. The lowest BCUT2D eigenvalue weighted by molar-refractivity contribution is 0.140. The zero-order valence-electron chi connectivity index (χ0n) is 18.2. The van der Waals surface area contributed by atoms with Crippen LogP contribution in [-0.4, -0.2) is 61.1 Å². The first-order chi connectivity index (χ1) is 13.9. The minimum absolute atomic E-state index is 0.155. The number of aryl methyl sites for hydroxylation is 1. The average Bonchev–Trinajstić information content (AvgIpc) is 3.16. The van der Waals surface area contributed by atoms with Crippen LogP contribution < -0.4 is 5.32 Å². The van der Waals surface area contributed by atoms with E-state index in [4.69, 9.17) is 0 Å². The Labute approximate surface area is 176 Å². The van der Waals surface area contributed by atoms with Crippen molar-refractivity contribution in [2.24, 2.45) is 17.8 Å². The van der Waals surface area contributed by atoms with Gasteiger partial charge in [0.1, 0.15) is 0 Å². The van der Waals surface area contributed by atoms with Crippen LogP contribution in [0.1, 0.15) is 30.4 Å². The quantitative estimate of drug-likeness (QED) is 0.419. The van der Waals surface area contributed by atoms with Gasteiger partial charge in [0.15, 0.2) is 0 Å².